The molecule has 5 nitrogen and oxygen atoms in total. The van der Waals surface area contributed by atoms with Gasteiger partial charge in [-0.15, -0.1) is 0 Å². The summed E-state index contributed by atoms with van der Waals surface area (Å²) < 4.78 is 7.53. The number of hydrogen-bond acceptors (Lipinski definition) is 4. The van der Waals surface area contributed by atoms with E-state index in [-0.39, 0.29) is 6.04 Å². The number of rotatable bonds is 6. The fourth-order valence-electron chi connectivity index (χ4n) is 3.18. The molecule has 2 heterocycles. The Morgan fingerprint density at radius 1 is 1.40 bits per heavy atom. The van der Waals surface area contributed by atoms with Crippen molar-refractivity contribution in [2.75, 3.05) is 32.1 Å². The smallest absolute Gasteiger partial charge is 0.203 e. The Bertz CT molecular complexity index is 455. The molecular formula is C15H26N4O. The van der Waals surface area contributed by atoms with Crippen molar-refractivity contribution < 1.29 is 4.74 Å². The molecule has 1 aromatic heterocycles. The number of methoxy groups -OCH3 is 1. The number of nitrogens with zero attached hydrogens (tertiary/aromatic N) is 3. The monoisotopic (exact) mass is 278 g/mol. The fourth-order valence-corrected chi connectivity index (χ4v) is 3.18. The standard InChI is InChI=1S/C15H26N4O/c1-11-8-19(15(16-11)17-12(2)10-20-3)14-6-7-18(9-14)13-4-5-13/h8,12-14H,4-7,9-10H2,1-3H3,(H,16,17). The fraction of sp³-hybridized carbons (Fsp3) is 0.800. The van der Waals surface area contributed by atoms with Gasteiger partial charge in [0, 0.05) is 38.5 Å². The molecule has 2 fully saturated rings. The van der Waals surface area contributed by atoms with Crippen molar-refractivity contribution >= 4 is 5.95 Å². The van der Waals surface area contributed by atoms with Crippen molar-refractivity contribution in [3.8, 4) is 0 Å². The van der Waals surface area contributed by atoms with E-state index in [1.54, 1.807) is 7.11 Å². The van der Waals surface area contributed by atoms with E-state index < -0.39 is 0 Å². The molecule has 1 aliphatic carbocycles. The number of hydrogen-bond donors (Lipinski definition) is 1. The Hall–Kier alpha value is -1.07. The Labute approximate surface area is 121 Å². The van der Waals surface area contributed by atoms with Crippen LogP contribution in [0.5, 0.6) is 0 Å². The first-order valence-electron chi connectivity index (χ1n) is 7.72. The molecule has 1 aromatic rings. The third-order valence-corrected chi connectivity index (χ3v) is 4.30. The van der Waals surface area contributed by atoms with Gasteiger partial charge in [-0.3, -0.25) is 4.90 Å². The minimum absolute atomic E-state index is 0.279. The number of likely N-dealkylation sites (tertiary alicyclic amines) is 1. The highest BCUT2D eigenvalue weighted by Gasteiger charge is 2.35. The van der Waals surface area contributed by atoms with E-state index in [9.17, 15) is 0 Å². The molecule has 5 heteroatoms. The number of anilines is 1. The van der Waals surface area contributed by atoms with Gasteiger partial charge >= 0.3 is 0 Å². The van der Waals surface area contributed by atoms with E-state index in [0.717, 1.165) is 17.7 Å². The van der Waals surface area contributed by atoms with Crippen molar-refractivity contribution in [3.63, 3.8) is 0 Å². The summed E-state index contributed by atoms with van der Waals surface area (Å²) in [5, 5.41) is 3.48. The molecule has 0 radical (unpaired) electrons. The lowest BCUT2D eigenvalue weighted by Crippen LogP contribution is -2.26. The zero-order chi connectivity index (χ0) is 14.1. The first kappa shape index (κ1) is 13.9. The molecule has 0 amide bonds. The average Bonchev–Trinajstić information content (AvgIpc) is 3.02. The van der Waals surface area contributed by atoms with Gasteiger partial charge in [0.25, 0.3) is 0 Å². The van der Waals surface area contributed by atoms with Gasteiger partial charge in [0.05, 0.1) is 18.3 Å². The number of aromatic nitrogens is 2. The Balaban J connectivity index is 1.69. The molecule has 20 heavy (non-hydrogen) atoms. The average molecular weight is 278 g/mol. The van der Waals surface area contributed by atoms with Crippen LogP contribution in [0.15, 0.2) is 6.20 Å². The quantitative estimate of drug-likeness (QED) is 0.865. The summed E-state index contributed by atoms with van der Waals surface area (Å²) in [4.78, 5) is 7.28. The van der Waals surface area contributed by atoms with Crippen LogP contribution in [0.3, 0.4) is 0 Å². The third-order valence-electron chi connectivity index (χ3n) is 4.30. The second-order valence-electron chi connectivity index (χ2n) is 6.28. The van der Waals surface area contributed by atoms with Crippen LogP contribution in [-0.4, -0.2) is 53.3 Å². The van der Waals surface area contributed by atoms with Crippen LogP contribution in [0, 0.1) is 6.92 Å². The normalized spacial score (nSPS) is 25.1. The highest BCUT2D eigenvalue weighted by Crippen LogP contribution is 2.34. The molecule has 1 aliphatic heterocycles. The first-order valence-corrected chi connectivity index (χ1v) is 7.72. The molecule has 2 unspecified atom stereocenters. The van der Waals surface area contributed by atoms with E-state index in [1.165, 1.54) is 32.4 Å². The second kappa shape index (κ2) is 5.74. The summed E-state index contributed by atoms with van der Waals surface area (Å²) >= 11 is 0. The molecule has 0 aromatic carbocycles. The van der Waals surface area contributed by atoms with E-state index in [4.69, 9.17) is 4.74 Å². The largest absolute Gasteiger partial charge is 0.383 e. The van der Waals surface area contributed by atoms with E-state index in [1.807, 2.05) is 0 Å². The predicted octanol–water partition coefficient (Wildman–Crippen LogP) is 2.05. The minimum Gasteiger partial charge on any atom is -0.383 e. The lowest BCUT2D eigenvalue weighted by molar-refractivity contribution is 0.190. The summed E-state index contributed by atoms with van der Waals surface area (Å²) in [5.74, 6) is 0.995. The highest BCUT2D eigenvalue weighted by molar-refractivity contribution is 5.31. The molecular weight excluding hydrogens is 252 g/mol. The maximum Gasteiger partial charge on any atom is 0.203 e. The van der Waals surface area contributed by atoms with Crippen molar-refractivity contribution in [3.05, 3.63) is 11.9 Å². The molecule has 1 N–H and O–H groups in total. The number of nitrogens with one attached hydrogen (secondary N) is 1. The van der Waals surface area contributed by atoms with E-state index in [2.05, 4.69) is 39.8 Å². The number of ether oxygens (including phenoxy) is 1. The van der Waals surface area contributed by atoms with Gasteiger partial charge in [-0.05, 0) is 33.1 Å². The molecule has 3 rings (SSSR count). The number of aryl methyl sites for hydroxylation is 1. The lowest BCUT2D eigenvalue weighted by atomic mass is 10.2. The molecule has 1 saturated heterocycles. The first-order chi connectivity index (χ1) is 9.67. The summed E-state index contributed by atoms with van der Waals surface area (Å²) in [6, 6.07) is 1.71. The van der Waals surface area contributed by atoms with E-state index in [0.29, 0.717) is 12.6 Å². The topological polar surface area (TPSA) is 42.3 Å². The highest BCUT2D eigenvalue weighted by atomic mass is 16.5. The zero-order valence-electron chi connectivity index (χ0n) is 12.8. The van der Waals surface area contributed by atoms with Gasteiger partial charge in [0.1, 0.15) is 0 Å². The SMILES string of the molecule is COCC(C)Nc1nc(C)cn1C1CCN(C2CC2)C1. The van der Waals surface area contributed by atoms with Gasteiger partial charge < -0.3 is 14.6 Å². The zero-order valence-corrected chi connectivity index (χ0v) is 12.8. The molecule has 2 aliphatic rings. The summed E-state index contributed by atoms with van der Waals surface area (Å²) in [5.41, 5.74) is 1.09. The lowest BCUT2D eigenvalue weighted by Gasteiger charge is -2.20. The Kier molecular flexibility index (Phi) is 3.98. The summed E-state index contributed by atoms with van der Waals surface area (Å²) in [6.07, 6.45) is 6.21. The predicted molar refractivity (Wildman–Crippen MR) is 80.2 cm³/mol. The molecule has 1 saturated carbocycles. The van der Waals surface area contributed by atoms with Crippen LogP contribution < -0.4 is 5.32 Å². The number of imidazole rings is 1. The van der Waals surface area contributed by atoms with Crippen LogP contribution in [0.1, 0.15) is 37.9 Å². The summed E-state index contributed by atoms with van der Waals surface area (Å²) in [6.45, 7) is 7.30. The van der Waals surface area contributed by atoms with Crippen molar-refractivity contribution in [2.45, 2.75) is 51.2 Å². The van der Waals surface area contributed by atoms with Gasteiger partial charge in [-0.1, -0.05) is 0 Å². The second-order valence-corrected chi connectivity index (χ2v) is 6.28. The molecule has 112 valence electrons. The molecule has 0 bridgehead atoms. The maximum atomic E-state index is 5.20. The summed E-state index contributed by atoms with van der Waals surface area (Å²) in [7, 11) is 1.74. The minimum atomic E-state index is 0.279. The van der Waals surface area contributed by atoms with Gasteiger partial charge in [-0.2, -0.15) is 0 Å². The van der Waals surface area contributed by atoms with Gasteiger partial charge in [0.15, 0.2) is 0 Å². The van der Waals surface area contributed by atoms with Crippen LogP contribution >= 0.6 is 0 Å². The van der Waals surface area contributed by atoms with Crippen LogP contribution in [0.25, 0.3) is 0 Å². The van der Waals surface area contributed by atoms with Crippen LogP contribution in [0.2, 0.25) is 0 Å². The third kappa shape index (κ3) is 2.99. The van der Waals surface area contributed by atoms with Crippen molar-refractivity contribution in [1.82, 2.24) is 14.5 Å². The molecule has 0 spiro atoms. The maximum absolute atomic E-state index is 5.20. The van der Waals surface area contributed by atoms with Crippen LogP contribution in [0.4, 0.5) is 5.95 Å². The van der Waals surface area contributed by atoms with Crippen molar-refractivity contribution in [1.29, 1.82) is 0 Å². The van der Waals surface area contributed by atoms with Crippen molar-refractivity contribution in [2.24, 2.45) is 0 Å². The Morgan fingerprint density at radius 2 is 2.20 bits per heavy atom. The van der Waals surface area contributed by atoms with Crippen LogP contribution in [-0.2, 0) is 4.74 Å². The van der Waals surface area contributed by atoms with Gasteiger partial charge in [0.2, 0.25) is 5.95 Å². The molecule has 2 atom stereocenters. The van der Waals surface area contributed by atoms with Gasteiger partial charge in [-0.25, -0.2) is 4.98 Å². The Morgan fingerprint density at radius 3 is 2.90 bits per heavy atom. The van der Waals surface area contributed by atoms with E-state index >= 15 is 0 Å².